The highest BCUT2D eigenvalue weighted by Crippen LogP contribution is 2.38. The molecule has 0 aromatic carbocycles. The highest BCUT2D eigenvalue weighted by atomic mass is 16.8. The van der Waals surface area contributed by atoms with Gasteiger partial charge in [0.1, 0.15) is 85.5 Å². The molecule has 24 nitrogen and oxygen atoms in total. The third kappa shape index (κ3) is 19.1. The fourth-order valence-electron chi connectivity index (χ4n) is 11.8. The summed E-state index contributed by atoms with van der Waals surface area (Å²) in [5.74, 6) is -1.41. The van der Waals surface area contributed by atoms with Gasteiger partial charge in [-0.1, -0.05) is 123 Å². The summed E-state index contributed by atoms with van der Waals surface area (Å²) in [4.78, 5) is 27.6. The molecule has 26 atom stereocenters. The molecule has 478 valence electrons. The molecule has 0 spiro atoms. The Morgan fingerprint density at radius 3 is 1.66 bits per heavy atom. The van der Waals surface area contributed by atoms with Crippen LogP contribution in [0.3, 0.4) is 0 Å². The Kier molecular flexibility index (Phi) is 29.2. The molecule has 10 N–H and O–H groups in total. The number of esters is 2. The monoisotopic (exact) mass is 1180 g/mol. The van der Waals surface area contributed by atoms with Crippen LogP contribution in [0.4, 0.5) is 0 Å². The Morgan fingerprint density at radius 2 is 0.988 bits per heavy atom. The van der Waals surface area contributed by atoms with Gasteiger partial charge < -0.3 is 108 Å². The average molecular weight is 1180 g/mol. The summed E-state index contributed by atoms with van der Waals surface area (Å²) in [6.07, 6.45) is -19.7. The van der Waals surface area contributed by atoms with Gasteiger partial charge in [0, 0.05) is 12.8 Å². The third-order valence-corrected chi connectivity index (χ3v) is 17.0. The predicted octanol–water partition coefficient (Wildman–Crippen LogP) is 2.71. The van der Waals surface area contributed by atoms with E-state index in [1.54, 1.807) is 13.8 Å². The number of aliphatic hydroxyl groups excluding tert-OH is 10. The van der Waals surface area contributed by atoms with Gasteiger partial charge in [-0.05, 0) is 53.4 Å². The second kappa shape index (κ2) is 34.6. The van der Waals surface area contributed by atoms with Crippen molar-refractivity contribution >= 4 is 11.9 Å². The lowest BCUT2D eigenvalue weighted by Crippen LogP contribution is -2.67. The first-order valence-corrected chi connectivity index (χ1v) is 31.0. The number of fused-ring (bicyclic) bond motifs is 2. The number of aliphatic hydroxyl groups is 10. The molecule has 0 aliphatic carbocycles. The first-order valence-electron chi connectivity index (χ1n) is 31.0. The Morgan fingerprint density at radius 1 is 0.463 bits per heavy atom. The lowest BCUT2D eigenvalue weighted by molar-refractivity contribution is -0.395. The molecular formula is C58H102O24. The first-order chi connectivity index (χ1) is 39.3. The lowest BCUT2D eigenvalue weighted by atomic mass is 9.95. The molecule has 6 fully saturated rings. The molecule has 24 heteroatoms. The molecule has 0 bridgehead atoms. The van der Waals surface area contributed by atoms with Crippen LogP contribution in [0.5, 0.6) is 0 Å². The maximum atomic E-state index is 13.8. The third-order valence-electron chi connectivity index (χ3n) is 17.0. The number of hydrogen-bond acceptors (Lipinski definition) is 24. The van der Waals surface area contributed by atoms with E-state index >= 15 is 0 Å². The fourth-order valence-corrected chi connectivity index (χ4v) is 11.8. The normalized spacial score (nSPS) is 43.1. The van der Waals surface area contributed by atoms with Gasteiger partial charge in [0.25, 0.3) is 0 Å². The van der Waals surface area contributed by atoms with Gasteiger partial charge in [-0.15, -0.1) is 0 Å². The zero-order valence-corrected chi connectivity index (χ0v) is 49.2. The second-order valence-corrected chi connectivity index (χ2v) is 23.6. The minimum atomic E-state index is -1.92. The summed E-state index contributed by atoms with van der Waals surface area (Å²) in [6.45, 7) is 9.56. The molecule has 0 amide bonds. The van der Waals surface area contributed by atoms with Crippen molar-refractivity contribution < 1.29 is 117 Å². The van der Waals surface area contributed by atoms with Gasteiger partial charge in [-0.2, -0.15) is 0 Å². The van der Waals surface area contributed by atoms with Crippen molar-refractivity contribution in [1.82, 2.24) is 0 Å². The van der Waals surface area contributed by atoms with Crippen molar-refractivity contribution in [2.45, 2.75) is 349 Å². The van der Waals surface area contributed by atoms with Gasteiger partial charge in [-0.25, -0.2) is 0 Å². The molecule has 0 aromatic heterocycles. The minimum absolute atomic E-state index is 0.00467. The molecular weight excluding hydrogens is 1080 g/mol. The van der Waals surface area contributed by atoms with E-state index < -0.39 is 172 Å². The van der Waals surface area contributed by atoms with E-state index in [4.69, 9.17) is 56.8 Å². The quantitative estimate of drug-likeness (QED) is 0.0550. The summed E-state index contributed by atoms with van der Waals surface area (Å²) in [5, 5.41) is 112. The largest absolute Gasteiger partial charge is 0.454 e. The molecule has 0 aromatic rings. The molecule has 0 radical (unpaired) electrons. The molecule has 6 saturated heterocycles. The van der Waals surface area contributed by atoms with Crippen molar-refractivity contribution in [2.24, 2.45) is 0 Å². The molecule has 82 heavy (non-hydrogen) atoms. The summed E-state index contributed by atoms with van der Waals surface area (Å²) in [7, 11) is 0. The first kappa shape index (κ1) is 69.2. The SMILES string of the molecule is CCCCCCCCCCCC(=O)O[C@H]1[C@H](O[C@@H]2[C@@H](O)[C@H]3OC(=O)CCCCCCCCC[C@H](CCCCC)O[C@@H]4O[C@H](C)[C@@H](O)[C@H](O)[C@H]4O[C@@H]3O[C@H]2C)O[C@@H](C)[C@H](O[C@@H]2O[C@@H](C)[C@H](O)[C@@H](O)[C@H]2O[C@@H]2O[C@H](CO)[C@@H](O)[C@H](O)[C@H]2O)[C@H]1O. The van der Waals surface area contributed by atoms with Crippen LogP contribution in [-0.4, -0.2) is 229 Å². The molecule has 6 rings (SSSR count). The van der Waals surface area contributed by atoms with Crippen LogP contribution in [-0.2, 0) is 66.4 Å². The average Bonchev–Trinajstić information content (AvgIpc) is 3.55. The number of hydrogen-bond donors (Lipinski definition) is 10. The second-order valence-electron chi connectivity index (χ2n) is 23.6. The van der Waals surface area contributed by atoms with Gasteiger partial charge >= 0.3 is 11.9 Å². The molecule has 6 aliphatic rings. The number of unbranched alkanes of at least 4 members (excludes halogenated alkanes) is 10. The summed E-state index contributed by atoms with van der Waals surface area (Å²) in [6, 6.07) is 0. The van der Waals surface area contributed by atoms with E-state index in [0.717, 1.165) is 109 Å². The van der Waals surface area contributed by atoms with Gasteiger partial charge in [0.15, 0.2) is 43.7 Å². The van der Waals surface area contributed by atoms with E-state index in [0.29, 0.717) is 12.8 Å². The zero-order valence-electron chi connectivity index (χ0n) is 49.2. The maximum absolute atomic E-state index is 13.8. The van der Waals surface area contributed by atoms with Crippen molar-refractivity contribution in [2.75, 3.05) is 6.61 Å². The molecule has 6 aliphatic heterocycles. The van der Waals surface area contributed by atoms with Crippen LogP contribution in [0.2, 0.25) is 0 Å². The van der Waals surface area contributed by atoms with E-state index in [1.807, 2.05) is 0 Å². The van der Waals surface area contributed by atoms with Crippen LogP contribution in [0.25, 0.3) is 0 Å². The van der Waals surface area contributed by atoms with Crippen LogP contribution in [0.15, 0.2) is 0 Å². The highest BCUT2D eigenvalue weighted by Gasteiger charge is 2.57. The van der Waals surface area contributed by atoms with Crippen LogP contribution >= 0.6 is 0 Å². The van der Waals surface area contributed by atoms with Gasteiger partial charge in [-0.3, -0.25) is 9.59 Å². The molecule has 6 heterocycles. The molecule has 0 unspecified atom stereocenters. The predicted molar refractivity (Wildman–Crippen MR) is 289 cm³/mol. The number of carbonyl (C=O) groups is 2. The van der Waals surface area contributed by atoms with E-state index in [9.17, 15) is 60.7 Å². The smallest absolute Gasteiger partial charge is 0.306 e. The van der Waals surface area contributed by atoms with Gasteiger partial charge in [0.05, 0.1) is 37.1 Å². The van der Waals surface area contributed by atoms with Crippen molar-refractivity contribution in [3.05, 3.63) is 0 Å². The zero-order chi connectivity index (χ0) is 59.6. The van der Waals surface area contributed by atoms with Gasteiger partial charge in [0.2, 0.25) is 0 Å². The number of rotatable bonds is 22. The van der Waals surface area contributed by atoms with Crippen molar-refractivity contribution in [1.29, 1.82) is 0 Å². The minimum Gasteiger partial charge on any atom is -0.454 e. The topological polar surface area (TPSA) is 347 Å². The van der Waals surface area contributed by atoms with Crippen LogP contribution in [0.1, 0.15) is 189 Å². The van der Waals surface area contributed by atoms with E-state index in [-0.39, 0.29) is 18.9 Å². The summed E-state index contributed by atoms with van der Waals surface area (Å²) >= 11 is 0. The summed E-state index contributed by atoms with van der Waals surface area (Å²) in [5.41, 5.74) is 0. The van der Waals surface area contributed by atoms with Crippen molar-refractivity contribution in [3.63, 3.8) is 0 Å². The molecule has 0 saturated carbocycles. The Bertz CT molecular complexity index is 1820. The van der Waals surface area contributed by atoms with Crippen LogP contribution < -0.4 is 0 Å². The van der Waals surface area contributed by atoms with E-state index in [2.05, 4.69) is 13.8 Å². The Hall–Kier alpha value is -1.86. The fraction of sp³-hybridized carbons (Fsp3) is 0.966. The summed E-state index contributed by atoms with van der Waals surface area (Å²) < 4.78 is 74.4. The van der Waals surface area contributed by atoms with E-state index in [1.165, 1.54) is 26.7 Å². The maximum Gasteiger partial charge on any atom is 0.306 e. The highest BCUT2D eigenvalue weighted by molar-refractivity contribution is 5.70. The van der Waals surface area contributed by atoms with Crippen LogP contribution in [0, 0.1) is 0 Å². The number of carbonyl (C=O) groups excluding carboxylic acids is 2. The lowest BCUT2D eigenvalue weighted by Gasteiger charge is -2.50. The van der Waals surface area contributed by atoms with Crippen molar-refractivity contribution in [3.8, 4) is 0 Å². The number of ether oxygens (including phenoxy) is 12. The standard InChI is InChI=1S/C58H102O24/c1-7-9-11-12-13-14-17-20-24-28-37(60)77-52-46(69)48(79-56-51(44(67)40(63)32(4)72-56)81-54-45(68)42(65)41(64)36(30-59)76-54)33(5)73-57(52)80-49-34(6)74-58-53(47(49)70)78-38(61)29-25-21-18-15-16-19-23-27-35(26-22-10-8-2)75-55-50(82-58)43(66)39(62)31(3)71-55/h31-36,39-59,62-70H,7-30H2,1-6H3/t31-,32+,33+,34+,35+,36-,39-,40+,41-,42+,43+,44-,45-,46-,47-,48+,49+,50-,51-,52-,53-,54+,55+,56+,57+,58+/m1/s1. The Balaban J connectivity index is 1.25. The Labute approximate surface area is 483 Å².